The van der Waals surface area contributed by atoms with E-state index in [-0.39, 0.29) is 11.6 Å². The molecule has 0 bridgehead atoms. The summed E-state index contributed by atoms with van der Waals surface area (Å²) in [5, 5.41) is 2.69. The normalized spacial score (nSPS) is 23.1. The number of ether oxygens (including phenoxy) is 1. The van der Waals surface area contributed by atoms with Gasteiger partial charge in [0.1, 0.15) is 5.75 Å². The molecule has 2 heterocycles. The zero-order chi connectivity index (χ0) is 17.2. The number of anilines is 2. The molecule has 0 radical (unpaired) electrons. The number of nitrogens with zero attached hydrogens (tertiary/aromatic N) is 2. The minimum atomic E-state index is -0.0134. The number of benzene rings is 1. The van der Waals surface area contributed by atoms with Crippen molar-refractivity contribution >= 4 is 24.2 Å². The van der Waals surface area contributed by atoms with Gasteiger partial charge in [-0.2, -0.15) is 0 Å². The SMILES string of the molecule is CC(C)Oc1cc(N2CCC3(CCCN3C=O)C2)ccc1NC=O. The molecule has 6 heteroatoms. The van der Waals surface area contributed by atoms with E-state index in [4.69, 9.17) is 4.74 Å². The van der Waals surface area contributed by atoms with Crippen LogP contribution in [0.2, 0.25) is 0 Å². The van der Waals surface area contributed by atoms with E-state index in [0.29, 0.717) is 17.8 Å². The fourth-order valence-electron chi connectivity index (χ4n) is 3.88. The van der Waals surface area contributed by atoms with Crippen LogP contribution in [0.25, 0.3) is 0 Å². The molecule has 2 saturated heterocycles. The van der Waals surface area contributed by atoms with Gasteiger partial charge in [0.05, 0.1) is 17.3 Å². The average molecular weight is 331 g/mol. The van der Waals surface area contributed by atoms with E-state index in [9.17, 15) is 9.59 Å². The highest BCUT2D eigenvalue weighted by Crippen LogP contribution is 2.40. The minimum Gasteiger partial charge on any atom is -0.489 e. The Labute approximate surface area is 142 Å². The summed E-state index contributed by atoms with van der Waals surface area (Å²) in [6.07, 6.45) is 4.84. The molecule has 1 N–H and O–H groups in total. The van der Waals surface area contributed by atoms with Crippen LogP contribution in [0, 0.1) is 0 Å². The Morgan fingerprint density at radius 3 is 2.79 bits per heavy atom. The molecular weight excluding hydrogens is 306 g/mol. The third-order valence-electron chi connectivity index (χ3n) is 5.02. The number of carbonyl (C=O) groups excluding carboxylic acids is 2. The maximum absolute atomic E-state index is 11.3. The fraction of sp³-hybridized carbons (Fsp3) is 0.556. The topological polar surface area (TPSA) is 61.9 Å². The van der Waals surface area contributed by atoms with Crippen LogP contribution in [-0.2, 0) is 9.59 Å². The van der Waals surface area contributed by atoms with E-state index in [2.05, 4.69) is 10.2 Å². The predicted molar refractivity (Wildman–Crippen MR) is 93.5 cm³/mol. The lowest BCUT2D eigenvalue weighted by Gasteiger charge is -2.32. The molecule has 1 aromatic rings. The van der Waals surface area contributed by atoms with Gasteiger partial charge in [0.2, 0.25) is 12.8 Å². The first-order valence-electron chi connectivity index (χ1n) is 8.56. The lowest BCUT2D eigenvalue weighted by Crippen LogP contribution is -2.45. The van der Waals surface area contributed by atoms with Gasteiger partial charge in [-0.1, -0.05) is 0 Å². The van der Waals surface area contributed by atoms with Gasteiger partial charge >= 0.3 is 0 Å². The van der Waals surface area contributed by atoms with E-state index in [0.717, 1.165) is 51.0 Å². The molecule has 0 saturated carbocycles. The highest BCUT2D eigenvalue weighted by atomic mass is 16.5. The van der Waals surface area contributed by atoms with Crippen LogP contribution in [0.5, 0.6) is 5.75 Å². The number of nitrogens with one attached hydrogen (secondary N) is 1. The zero-order valence-electron chi connectivity index (χ0n) is 14.3. The largest absolute Gasteiger partial charge is 0.489 e. The number of rotatable bonds is 6. The van der Waals surface area contributed by atoms with Crippen molar-refractivity contribution in [3.63, 3.8) is 0 Å². The van der Waals surface area contributed by atoms with Gasteiger partial charge < -0.3 is 19.9 Å². The number of likely N-dealkylation sites (tertiary alicyclic amines) is 1. The lowest BCUT2D eigenvalue weighted by atomic mass is 9.96. The maximum Gasteiger partial charge on any atom is 0.211 e. The molecule has 2 amide bonds. The third-order valence-corrected chi connectivity index (χ3v) is 5.02. The van der Waals surface area contributed by atoms with Crippen molar-refractivity contribution in [1.29, 1.82) is 0 Å². The third kappa shape index (κ3) is 3.05. The van der Waals surface area contributed by atoms with Crippen molar-refractivity contribution in [2.75, 3.05) is 29.9 Å². The van der Waals surface area contributed by atoms with Crippen molar-refractivity contribution in [1.82, 2.24) is 4.90 Å². The average Bonchev–Trinajstić information content (AvgIpc) is 3.16. The van der Waals surface area contributed by atoms with E-state index >= 15 is 0 Å². The minimum absolute atomic E-state index is 0.0134. The maximum atomic E-state index is 11.3. The molecule has 130 valence electrons. The molecule has 2 aliphatic heterocycles. The summed E-state index contributed by atoms with van der Waals surface area (Å²) in [5.41, 5.74) is 1.73. The molecule has 2 fully saturated rings. The Hall–Kier alpha value is -2.24. The van der Waals surface area contributed by atoms with Crippen LogP contribution in [0.4, 0.5) is 11.4 Å². The van der Waals surface area contributed by atoms with Crippen molar-refractivity contribution < 1.29 is 14.3 Å². The molecule has 6 nitrogen and oxygen atoms in total. The number of hydrogen-bond acceptors (Lipinski definition) is 4. The summed E-state index contributed by atoms with van der Waals surface area (Å²) in [4.78, 5) is 26.4. The Balaban J connectivity index is 1.82. The number of carbonyl (C=O) groups is 2. The Kier molecular flexibility index (Phi) is 4.64. The molecule has 1 aromatic carbocycles. The monoisotopic (exact) mass is 331 g/mol. The summed E-state index contributed by atoms with van der Waals surface area (Å²) in [5.74, 6) is 0.675. The van der Waals surface area contributed by atoms with Crippen molar-refractivity contribution in [3.05, 3.63) is 18.2 Å². The summed E-state index contributed by atoms with van der Waals surface area (Å²) in [7, 11) is 0. The molecule has 0 aromatic heterocycles. The highest BCUT2D eigenvalue weighted by molar-refractivity contribution is 5.77. The van der Waals surface area contributed by atoms with Crippen LogP contribution in [0.1, 0.15) is 33.1 Å². The van der Waals surface area contributed by atoms with Crippen LogP contribution < -0.4 is 15.0 Å². The van der Waals surface area contributed by atoms with Gasteiger partial charge in [-0.3, -0.25) is 9.59 Å². The fourth-order valence-corrected chi connectivity index (χ4v) is 3.88. The van der Waals surface area contributed by atoms with Gasteiger partial charge in [-0.05, 0) is 45.2 Å². The Bertz CT molecular complexity index is 620. The molecule has 2 aliphatic rings. The molecule has 0 aliphatic carbocycles. The zero-order valence-corrected chi connectivity index (χ0v) is 14.3. The van der Waals surface area contributed by atoms with Gasteiger partial charge in [0.15, 0.2) is 0 Å². The smallest absolute Gasteiger partial charge is 0.211 e. The standard InChI is InChI=1S/C18H25N3O3/c1-14(2)24-17-10-15(4-5-16(17)19-12-22)20-9-7-18(11-20)6-3-8-21(18)13-23/h4-5,10,12-14H,3,6-9,11H2,1-2H3,(H,19,22). The van der Waals surface area contributed by atoms with E-state index in [1.165, 1.54) is 0 Å². The van der Waals surface area contributed by atoms with E-state index < -0.39 is 0 Å². The molecule has 1 spiro atoms. The van der Waals surface area contributed by atoms with Gasteiger partial charge in [-0.15, -0.1) is 0 Å². The van der Waals surface area contributed by atoms with E-state index in [1.54, 1.807) is 0 Å². The van der Waals surface area contributed by atoms with Crippen LogP contribution in [-0.4, -0.2) is 49.0 Å². The molecule has 1 unspecified atom stereocenters. The van der Waals surface area contributed by atoms with Crippen LogP contribution >= 0.6 is 0 Å². The Morgan fingerprint density at radius 1 is 1.25 bits per heavy atom. The van der Waals surface area contributed by atoms with Gasteiger partial charge in [-0.25, -0.2) is 0 Å². The summed E-state index contributed by atoms with van der Waals surface area (Å²) >= 11 is 0. The highest BCUT2D eigenvalue weighted by Gasteiger charge is 2.45. The second-order valence-corrected chi connectivity index (χ2v) is 6.91. The van der Waals surface area contributed by atoms with Crippen LogP contribution in [0.15, 0.2) is 18.2 Å². The van der Waals surface area contributed by atoms with Crippen LogP contribution in [0.3, 0.4) is 0 Å². The van der Waals surface area contributed by atoms with Gasteiger partial charge in [0, 0.05) is 31.4 Å². The molecule has 3 rings (SSSR count). The molecule has 24 heavy (non-hydrogen) atoms. The first-order chi connectivity index (χ1) is 11.6. The Morgan fingerprint density at radius 2 is 2.08 bits per heavy atom. The summed E-state index contributed by atoms with van der Waals surface area (Å²) in [6, 6.07) is 5.85. The first-order valence-corrected chi connectivity index (χ1v) is 8.56. The second-order valence-electron chi connectivity index (χ2n) is 6.91. The first kappa shape index (κ1) is 16.6. The van der Waals surface area contributed by atoms with Crippen molar-refractivity contribution in [2.45, 2.75) is 44.8 Å². The number of amides is 2. The quantitative estimate of drug-likeness (QED) is 0.812. The lowest BCUT2D eigenvalue weighted by molar-refractivity contribution is -0.121. The predicted octanol–water partition coefficient (Wildman–Crippen LogP) is 2.24. The number of hydrogen-bond donors (Lipinski definition) is 1. The molecule has 1 atom stereocenters. The van der Waals surface area contributed by atoms with Crippen molar-refractivity contribution in [3.8, 4) is 5.75 Å². The summed E-state index contributed by atoms with van der Waals surface area (Å²) in [6.45, 7) is 6.56. The van der Waals surface area contributed by atoms with Gasteiger partial charge in [0.25, 0.3) is 0 Å². The molecular formula is C18H25N3O3. The van der Waals surface area contributed by atoms with E-state index in [1.807, 2.05) is 36.9 Å². The second kappa shape index (κ2) is 6.71. The summed E-state index contributed by atoms with van der Waals surface area (Å²) < 4.78 is 5.84. The van der Waals surface area contributed by atoms with Crippen molar-refractivity contribution in [2.24, 2.45) is 0 Å².